The maximum atomic E-state index is 11.0. The molecule has 1 aliphatic heterocycles. The third-order valence-corrected chi connectivity index (χ3v) is 2.34. The van der Waals surface area contributed by atoms with E-state index in [0.717, 1.165) is 18.5 Å². The first-order valence-electron chi connectivity index (χ1n) is 4.73. The van der Waals surface area contributed by atoms with Gasteiger partial charge in [0.2, 0.25) is 0 Å². The second-order valence-corrected chi connectivity index (χ2v) is 4.50. The number of carbonyl (C=O) groups excluding carboxylic acids is 1. The zero-order valence-corrected chi connectivity index (χ0v) is 8.70. The molecule has 0 atom stereocenters. The highest BCUT2D eigenvalue weighted by molar-refractivity contribution is 5.75. The van der Waals surface area contributed by atoms with Gasteiger partial charge >= 0.3 is 0 Å². The van der Waals surface area contributed by atoms with Crippen LogP contribution in [0.4, 0.5) is 0 Å². The fraction of sp³-hybridized carbons (Fsp3) is 0.600. The Kier molecular flexibility index (Phi) is 1.87. The van der Waals surface area contributed by atoms with Gasteiger partial charge in [-0.05, 0) is 0 Å². The summed E-state index contributed by atoms with van der Waals surface area (Å²) < 4.78 is 7.15. The lowest BCUT2D eigenvalue weighted by Gasteiger charge is -2.16. The van der Waals surface area contributed by atoms with E-state index in [1.54, 1.807) is 0 Å². The first-order valence-corrected chi connectivity index (χ1v) is 4.73. The number of nitrogens with zero attached hydrogens (tertiary/aromatic N) is 2. The standard InChI is InChI=1S/C10H14N2O2/c1-10(2,3)8-7(6-13)12-4-5-14-9(12)11-8/h6H,4-5H2,1-3H3. The summed E-state index contributed by atoms with van der Waals surface area (Å²) in [5.41, 5.74) is 1.36. The normalized spacial score (nSPS) is 15.1. The third kappa shape index (κ3) is 1.22. The topological polar surface area (TPSA) is 44.1 Å². The Morgan fingerprint density at radius 3 is 2.79 bits per heavy atom. The van der Waals surface area contributed by atoms with E-state index in [4.69, 9.17) is 4.74 Å². The Hall–Kier alpha value is -1.32. The summed E-state index contributed by atoms with van der Waals surface area (Å²) in [5.74, 6) is 0. The average Bonchev–Trinajstić information content (AvgIpc) is 2.58. The van der Waals surface area contributed by atoms with Gasteiger partial charge in [-0.15, -0.1) is 0 Å². The van der Waals surface area contributed by atoms with Gasteiger partial charge in [-0.1, -0.05) is 20.8 Å². The molecule has 1 aromatic heterocycles. The van der Waals surface area contributed by atoms with Crippen molar-refractivity contribution in [2.75, 3.05) is 6.61 Å². The van der Waals surface area contributed by atoms with E-state index in [-0.39, 0.29) is 5.41 Å². The molecule has 0 saturated heterocycles. The number of rotatable bonds is 1. The zero-order valence-electron chi connectivity index (χ0n) is 8.70. The molecule has 2 rings (SSSR count). The highest BCUT2D eigenvalue weighted by Crippen LogP contribution is 2.29. The van der Waals surface area contributed by atoms with Crippen LogP contribution in [0.15, 0.2) is 0 Å². The molecule has 0 bridgehead atoms. The van der Waals surface area contributed by atoms with Crippen LogP contribution in [0.5, 0.6) is 6.01 Å². The molecule has 0 saturated carbocycles. The van der Waals surface area contributed by atoms with Gasteiger partial charge < -0.3 is 4.74 Å². The van der Waals surface area contributed by atoms with Crippen LogP contribution >= 0.6 is 0 Å². The monoisotopic (exact) mass is 194 g/mol. The van der Waals surface area contributed by atoms with Gasteiger partial charge in [-0.2, -0.15) is 4.98 Å². The molecule has 0 radical (unpaired) electrons. The predicted molar refractivity (Wildman–Crippen MR) is 51.8 cm³/mol. The fourth-order valence-electron chi connectivity index (χ4n) is 1.67. The van der Waals surface area contributed by atoms with Crippen LogP contribution in [-0.2, 0) is 12.0 Å². The lowest BCUT2D eigenvalue weighted by molar-refractivity contribution is 0.111. The van der Waals surface area contributed by atoms with Crippen LogP contribution in [0.25, 0.3) is 0 Å². The molecule has 1 aliphatic rings. The largest absolute Gasteiger partial charge is 0.463 e. The van der Waals surface area contributed by atoms with Crippen molar-refractivity contribution in [1.29, 1.82) is 0 Å². The van der Waals surface area contributed by atoms with Crippen molar-refractivity contribution < 1.29 is 9.53 Å². The highest BCUT2D eigenvalue weighted by Gasteiger charge is 2.28. The third-order valence-electron chi connectivity index (χ3n) is 2.34. The van der Waals surface area contributed by atoms with E-state index in [1.165, 1.54) is 0 Å². The van der Waals surface area contributed by atoms with Crippen molar-refractivity contribution in [3.05, 3.63) is 11.4 Å². The van der Waals surface area contributed by atoms with E-state index >= 15 is 0 Å². The average molecular weight is 194 g/mol. The van der Waals surface area contributed by atoms with E-state index < -0.39 is 0 Å². The maximum Gasteiger partial charge on any atom is 0.297 e. The molecular weight excluding hydrogens is 180 g/mol. The minimum atomic E-state index is -0.114. The number of carbonyl (C=O) groups is 1. The van der Waals surface area contributed by atoms with Crippen molar-refractivity contribution in [2.45, 2.75) is 32.7 Å². The van der Waals surface area contributed by atoms with Crippen LogP contribution in [0.2, 0.25) is 0 Å². The van der Waals surface area contributed by atoms with Crippen LogP contribution in [0.1, 0.15) is 37.0 Å². The number of aromatic nitrogens is 2. The molecule has 0 aliphatic carbocycles. The molecule has 2 heterocycles. The molecule has 0 spiro atoms. The van der Waals surface area contributed by atoms with Crippen LogP contribution in [0, 0.1) is 0 Å². The Morgan fingerprint density at radius 1 is 1.50 bits per heavy atom. The minimum Gasteiger partial charge on any atom is -0.463 e. The molecule has 0 fully saturated rings. The first-order chi connectivity index (χ1) is 6.54. The van der Waals surface area contributed by atoms with Gasteiger partial charge in [0.1, 0.15) is 12.3 Å². The van der Waals surface area contributed by atoms with Crippen molar-refractivity contribution >= 4 is 6.29 Å². The number of imidazole rings is 1. The Labute approximate surface area is 82.9 Å². The lowest BCUT2D eigenvalue weighted by atomic mass is 9.91. The predicted octanol–water partition coefficient (Wildman–Crippen LogP) is 1.39. The summed E-state index contributed by atoms with van der Waals surface area (Å²) in [6, 6.07) is 0.581. The Bertz CT molecular complexity index is 374. The number of ether oxygens (including phenoxy) is 1. The van der Waals surface area contributed by atoms with Crippen LogP contribution in [-0.4, -0.2) is 22.4 Å². The quantitative estimate of drug-likeness (QED) is 0.634. The van der Waals surface area contributed by atoms with Crippen LogP contribution in [0.3, 0.4) is 0 Å². The van der Waals surface area contributed by atoms with E-state index in [1.807, 2.05) is 25.3 Å². The molecule has 0 amide bonds. The molecule has 4 nitrogen and oxygen atoms in total. The second-order valence-electron chi connectivity index (χ2n) is 4.50. The van der Waals surface area contributed by atoms with Gasteiger partial charge in [0.05, 0.1) is 12.2 Å². The summed E-state index contributed by atoms with van der Waals surface area (Å²) >= 11 is 0. The first kappa shape index (κ1) is 9.24. The molecule has 1 aromatic rings. The van der Waals surface area contributed by atoms with E-state index in [9.17, 15) is 4.79 Å². The van der Waals surface area contributed by atoms with E-state index in [0.29, 0.717) is 18.3 Å². The van der Waals surface area contributed by atoms with Gasteiger partial charge in [-0.3, -0.25) is 9.36 Å². The zero-order chi connectivity index (χ0) is 10.3. The summed E-state index contributed by atoms with van der Waals surface area (Å²) in [7, 11) is 0. The van der Waals surface area contributed by atoms with E-state index in [2.05, 4.69) is 4.98 Å². The smallest absolute Gasteiger partial charge is 0.297 e. The number of aldehydes is 1. The number of hydrogen-bond donors (Lipinski definition) is 0. The Balaban J connectivity index is 2.58. The minimum absolute atomic E-state index is 0.114. The molecule has 14 heavy (non-hydrogen) atoms. The maximum absolute atomic E-state index is 11.0. The number of hydrogen-bond acceptors (Lipinski definition) is 3. The molecule has 0 unspecified atom stereocenters. The van der Waals surface area contributed by atoms with Gasteiger partial charge in [0, 0.05) is 5.41 Å². The molecule has 0 N–H and O–H groups in total. The van der Waals surface area contributed by atoms with Crippen molar-refractivity contribution in [1.82, 2.24) is 9.55 Å². The van der Waals surface area contributed by atoms with Gasteiger partial charge in [-0.25, -0.2) is 0 Å². The highest BCUT2D eigenvalue weighted by atomic mass is 16.5. The molecule has 4 heteroatoms. The van der Waals surface area contributed by atoms with Crippen LogP contribution < -0.4 is 4.74 Å². The second kappa shape index (κ2) is 2.83. The van der Waals surface area contributed by atoms with Crippen molar-refractivity contribution in [3.63, 3.8) is 0 Å². The van der Waals surface area contributed by atoms with Crippen molar-refractivity contribution in [2.24, 2.45) is 0 Å². The summed E-state index contributed by atoms with van der Waals surface area (Å²) in [6.07, 6.45) is 0.867. The SMILES string of the molecule is CC(C)(C)c1nc2n(c1C=O)CCO2. The summed E-state index contributed by atoms with van der Waals surface area (Å²) in [5, 5.41) is 0. The van der Waals surface area contributed by atoms with Gasteiger partial charge in [0.25, 0.3) is 6.01 Å². The molecule has 0 aromatic carbocycles. The molecule has 76 valence electrons. The summed E-state index contributed by atoms with van der Waals surface area (Å²) in [4.78, 5) is 15.3. The number of fused-ring (bicyclic) bond motifs is 1. The lowest BCUT2D eigenvalue weighted by Crippen LogP contribution is -2.16. The fourth-order valence-corrected chi connectivity index (χ4v) is 1.67. The summed E-state index contributed by atoms with van der Waals surface area (Å²) in [6.45, 7) is 7.47. The molecular formula is C10H14N2O2. The Morgan fingerprint density at radius 2 is 2.21 bits per heavy atom. The van der Waals surface area contributed by atoms with Gasteiger partial charge in [0.15, 0.2) is 6.29 Å². The van der Waals surface area contributed by atoms with Crippen molar-refractivity contribution in [3.8, 4) is 6.01 Å².